The number of nitrogens with one attached hydrogen (secondary N) is 2. The number of ether oxygens (including phenoxy) is 1. The molecule has 10 nitrogen and oxygen atoms in total. The van der Waals surface area contributed by atoms with E-state index in [1.54, 1.807) is 4.90 Å². The Bertz CT molecular complexity index is 1150. The van der Waals surface area contributed by atoms with Gasteiger partial charge in [-0.2, -0.15) is 0 Å². The van der Waals surface area contributed by atoms with Crippen molar-refractivity contribution in [3.63, 3.8) is 0 Å². The second kappa shape index (κ2) is 10.2. The summed E-state index contributed by atoms with van der Waals surface area (Å²) in [6.45, 7) is 1.25. The summed E-state index contributed by atoms with van der Waals surface area (Å²) in [5, 5.41) is 20.4. The van der Waals surface area contributed by atoms with Crippen LogP contribution in [0.5, 0.6) is 0 Å². The molecule has 11 heteroatoms. The molecular formula is C24H26FN5O5. The fourth-order valence-corrected chi connectivity index (χ4v) is 4.11. The second-order valence-corrected chi connectivity index (χ2v) is 8.37. The molecule has 2 saturated heterocycles. The molecule has 184 valence electrons. The summed E-state index contributed by atoms with van der Waals surface area (Å²) in [7, 11) is 0. The van der Waals surface area contributed by atoms with Gasteiger partial charge in [0.2, 0.25) is 0 Å². The first-order chi connectivity index (χ1) is 16.8. The molecule has 2 atom stereocenters. The van der Waals surface area contributed by atoms with Crippen LogP contribution in [0.15, 0.2) is 42.5 Å². The number of rotatable bonds is 6. The van der Waals surface area contributed by atoms with Gasteiger partial charge in [0.05, 0.1) is 12.2 Å². The summed E-state index contributed by atoms with van der Waals surface area (Å²) >= 11 is 0. The van der Waals surface area contributed by atoms with Crippen LogP contribution < -0.4 is 16.0 Å². The molecule has 4 rings (SSSR count). The predicted molar refractivity (Wildman–Crippen MR) is 126 cm³/mol. The molecular weight excluding hydrogens is 457 g/mol. The van der Waals surface area contributed by atoms with Gasteiger partial charge in [0, 0.05) is 36.6 Å². The number of nitrogens with zero attached hydrogens (tertiary/aromatic N) is 2. The minimum absolute atomic E-state index is 0.0286. The van der Waals surface area contributed by atoms with Crippen molar-refractivity contribution in [1.82, 2.24) is 4.90 Å². The van der Waals surface area contributed by atoms with E-state index in [2.05, 4.69) is 5.32 Å². The number of nitrogen functional groups attached to an aromatic ring is 1. The van der Waals surface area contributed by atoms with Crippen molar-refractivity contribution in [1.29, 1.82) is 5.41 Å². The number of likely N-dealkylation sites (tertiary alicyclic amines) is 1. The maximum Gasteiger partial charge on any atom is 0.259 e. The second-order valence-electron chi connectivity index (χ2n) is 8.37. The first-order valence-electron chi connectivity index (χ1n) is 11.2. The third kappa shape index (κ3) is 5.15. The number of amides is 3. The van der Waals surface area contributed by atoms with Crippen molar-refractivity contribution in [2.45, 2.75) is 25.0 Å². The number of carbonyl (C=O) groups excluding carboxylic acids is 3. The van der Waals surface area contributed by atoms with Crippen LogP contribution >= 0.6 is 0 Å². The number of benzene rings is 2. The van der Waals surface area contributed by atoms with Gasteiger partial charge in [0.25, 0.3) is 17.7 Å². The maximum atomic E-state index is 14.4. The minimum Gasteiger partial charge on any atom is -0.384 e. The van der Waals surface area contributed by atoms with E-state index in [4.69, 9.17) is 15.9 Å². The zero-order valence-electron chi connectivity index (χ0n) is 18.9. The highest BCUT2D eigenvalue weighted by atomic mass is 19.1. The lowest BCUT2D eigenvalue weighted by Gasteiger charge is -2.34. The first-order valence-corrected chi connectivity index (χ1v) is 11.2. The van der Waals surface area contributed by atoms with Gasteiger partial charge in [-0.1, -0.05) is 0 Å². The van der Waals surface area contributed by atoms with Crippen LogP contribution in [-0.2, 0) is 14.3 Å². The van der Waals surface area contributed by atoms with Crippen LogP contribution in [0, 0.1) is 11.2 Å². The van der Waals surface area contributed by atoms with Gasteiger partial charge in [-0.15, -0.1) is 0 Å². The molecule has 2 aromatic rings. The topological polar surface area (TPSA) is 149 Å². The van der Waals surface area contributed by atoms with E-state index in [1.807, 2.05) is 0 Å². The Kier molecular flexibility index (Phi) is 7.08. The predicted octanol–water partition coefficient (Wildman–Crippen LogP) is 1.08. The molecule has 2 aliphatic rings. The molecule has 2 aliphatic heterocycles. The summed E-state index contributed by atoms with van der Waals surface area (Å²) < 4.78 is 19.8. The number of nitrogens with two attached hydrogens (primary N) is 1. The van der Waals surface area contributed by atoms with E-state index < -0.39 is 35.7 Å². The van der Waals surface area contributed by atoms with Crippen molar-refractivity contribution in [3.05, 3.63) is 59.4 Å². The lowest BCUT2D eigenvalue weighted by molar-refractivity contribution is -0.150. The fourth-order valence-electron chi connectivity index (χ4n) is 4.11. The molecule has 2 fully saturated rings. The van der Waals surface area contributed by atoms with Gasteiger partial charge < -0.3 is 30.7 Å². The molecule has 35 heavy (non-hydrogen) atoms. The van der Waals surface area contributed by atoms with E-state index in [-0.39, 0.29) is 30.2 Å². The number of halogens is 1. The zero-order valence-corrected chi connectivity index (χ0v) is 18.9. The lowest BCUT2D eigenvalue weighted by atomic mass is 10.1. The standard InChI is InChI=1S/C24H26FN5O5/c25-18-8-7-16(13-17(18)23(33)29-9-1-2-10-29)30-11-12-35-20(24(30)34)19(31)22(32)28-15-5-3-14(4-6-15)21(26)27/h3-8,13,19-20,31H,1-2,9-12H2,(H3,26,27)(H,28,32). The van der Waals surface area contributed by atoms with Crippen molar-refractivity contribution in [2.24, 2.45) is 5.73 Å². The molecule has 2 heterocycles. The Morgan fingerprint density at radius 3 is 2.49 bits per heavy atom. The lowest BCUT2D eigenvalue weighted by Crippen LogP contribution is -2.55. The van der Waals surface area contributed by atoms with Gasteiger partial charge in [0.15, 0.2) is 12.2 Å². The summed E-state index contributed by atoms with van der Waals surface area (Å²) in [6.07, 6.45) is -1.58. The number of aliphatic hydroxyl groups is 1. The maximum absolute atomic E-state index is 14.4. The molecule has 3 amide bonds. The molecule has 0 aromatic heterocycles. The number of aliphatic hydroxyl groups excluding tert-OH is 1. The Hall–Kier alpha value is -3.83. The number of carbonyl (C=O) groups is 3. The molecule has 2 unspecified atom stereocenters. The average molecular weight is 484 g/mol. The quantitative estimate of drug-likeness (QED) is 0.357. The van der Waals surface area contributed by atoms with E-state index in [1.165, 1.54) is 41.3 Å². The molecule has 0 radical (unpaired) electrons. The summed E-state index contributed by atoms with van der Waals surface area (Å²) in [4.78, 5) is 41.2. The highest BCUT2D eigenvalue weighted by Crippen LogP contribution is 2.25. The van der Waals surface area contributed by atoms with Crippen LogP contribution in [0.2, 0.25) is 0 Å². The van der Waals surface area contributed by atoms with Crippen LogP contribution in [0.3, 0.4) is 0 Å². The Morgan fingerprint density at radius 1 is 1.14 bits per heavy atom. The smallest absolute Gasteiger partial charge is 0.259 e. The van der Waals surface area contributed by atoms with Gasteiger partial charge in [-0.05, 0) is 55.3 Å². The minimum atomic E-state index is -1.82. The van der Waals surface area contributed by atoms with Crippen LogP contribution in [0.1, 0.15) is 28.8 Å². The third-order valence-corrected chi connectivity index (χ3v) is 6.03. The number of morpholine rings is 1. The van der Waals surface area contributed by atoms with Gasteiger partial charge >= 0.3 is 0 Å². The van der Waals surface area contributed by atoms with Crippen molar-refractivity contribution < 1.29 is 28.6 Å². The van der Waals surface area contributed by atoms with Crippen LogP contribution in [0.25, 0.3) is 0 Å². The summed E-state index contributed by atoms with van der Waals surface area (Å²) in [5.74, 6) is -2.79. The molecule has 5 N–H and O–H groups in total. The largest absolute Gasteiger partial charge is 0.384 e. The molecule has 2 aromatic carbocycles. The highest BCUT2D eigenvalue weighted by molar-refractivity contribution is 6.05. The van der Waals surface area contributed by atoms with E-state index in [9.17, 15) is 23.9 Å². The SMILES string of the molecule is N=C(N)c1ccc(NC(=O)C(O)C2OCCN(c3ccc(F)c(C(=O)N4CCCC4)c3)C2=O)cc1. The van der Waals surface area contributed by atoms with Crippen molar-refractivity contribution in [2.75, 3.05) is 36.5 Å². The van der Waals surface area contributed by atoms with Gasteiger partial charge in [0.1, 0.15) is 11.7 Å². The molecule has 0 spiro atoms. The Morgan fingerprint density at radius 2 is 1.83 bits per heavy atom. The number of amidine groups is 1. The Balaban J connectivity index is 1.48. The van der Waals surface area contributed by atoms with Crippen LogP contribution in [0.4, 0.5) is 15.8 Å². The molecule has 0 saturated carbocycles. The summed E-state index contributed by atoms with van der Waals surface area (Å²) in [5.41, 5.74) is 6.35. The Labute approximate surface area is 201 Å². The summed E-state index contributed by atoms with van der Waals surface area (Å²) in [6, 6.07) is 9.90. The first kappa shape index (κ1) is 24.3. The molecule has 0 bridgehead atoms. The molecule has 0 aliphatic carbocycles. The van der Waals surface area contributed by atoms with Gasteiger partial charge in [-0.3, -0.25) is 19.8 Å². The average Bonchev–Trinajstić information content (AvgIpc) is 3.39. The van der Waals surface area contributed by atoms with E-state index in [0.29, 0.717) is 24.3 Å². The van der Waals surface area contributed by atoms with E-state index in [0.717, 1.165) is 18.9 Å². The normalized spacial score (nSPS) is 18.9. The van der Waals surface area contributed by atoms with E-state index >= 15 is 0 Å². The zero-order chi connectivity index (χ0) is 25.1. The fraction of sp³-hybridized carbons (Fsp3) is 0.333. The highest BCUT2D eigenvalue weighted by Gasteiger charge is 2.39. The van der Waals surface area contributed by atoms with Crippen molar-refractivity contribution >= 4 is 34.9 Å². The monoisotopic (exact) mass is 483 g/mol. The number of hydrogen-bond donors (Lipinski definition) is 4. The number of anilines is 2. The van der Waals surface area contributed by atoms with Crippen molar-refractivity contribution in [3.8, 4) is 0 Å². The number of hydrogen-bond acceptors (Lipinski definition) is 6. The third-order valence-electron chi connectivity index (χ3n) is 6.03. The van der Waals surface area contributed by atoms with Gasteiger partial charge in [-0.25, -0.2) is 4.39 Å². The van der Waals surface area contributed by atoms with Crippen LogP contribution in [-0.4, -0.2) is 72.0 Å².